The number of oxazole rings is 1. The molecular weight excluding hydrogens is 284 g/mol. The first-order valence-electron chi connectivity index (χ1n) is 5.16. The number of hydrogen-bond acceptors (Lipinski definition) is 3. The second-order valence-electron chi connectivity index (χ2n) is 3.49. The zero-order valence-electron chi connectivity index (χ0n) is 9.02. The third kappa shape index (κ3) is 3.42. The van der Waals surface area contributed by atoms with Gasteiger partial charge in [0.25, 0.3) is 5.91 Å². The fraction of sp³-hybridized carbons (Fsp3) is 0.167. The highest BCUT2D eigenvalue weighted by molar-refractivity contribution is 9.10. The Morgan fingerprint density at radius 1 is 1.35 bits per heavy atom. The topological polar surface area (TPSA) is 55.1 Å². The predicted molar refractivity (Wildman–Crippen MR) is 66.7 cm³/mol. The van der Waals surface area contributed by atoms with Crippen LogP contribution in [0, 0.1) is 0 Å². The maximum absolute atomic E-state index is 11.7. The molecule has 4 nitrogen and oxygen atoms in total. The van der Waals surface area contributed by atoms with Crippen molar-refractivity contribution in [1.29, 1.82) is 0 Å². The molecule has 1 N–H and O–H groups in total. The van der Waals surface area contributed by atoms with Gasteiger partial charge in [-0.2, -0.15) is 0 Å². The van der Waals surface area contributed by atoms with Crippen molar-refractivity contribution in [2.75, 3.05) is 6.54 Å². The fourth-order valence-corrected chi connectivity index (χ4v) is 1.63. The lowest BCUT2D eigenvalue weighted by atomic mass is 10.2. The summed E-state index contributed by atoms with van der Waals surface area (Å²) in [6.07, 6.45) is 3.62. The molecule has 17 heavy (non-hydrogen) atoms. The normalized spacial score (nSPS) is 10.2. The van der Waals surface area contributed by atoms with Gasteiger partial charge in [0.05, 0.1) is 5.69 Å². The number of hydrogen-bond donors (Lipinski definition) is 1. The van der Waals surface area contributed by atoms with E-state index < -0.39 is 0 Å². The maximum Gasteiger partial charge on any atom is 0.251 e. The van der Waals surface area contributed by atoms with Gasteiger partial charge in [0.15, 0.2) is 6.39 Å². The van der Waals surface area contributed by atoms with E-state index in [0.29, 0.717) is 18.5 Å². The molecule has 1 amide bonds. The number of halogens is 1. The summed E-state index contributed by atoms with van der Waals surface area (Å²) in [6, 6.07) is 7.23. The lowest BCUT2D eigenvalue weighted by Gasteiger charge is -2.03. The molecule has 0 aliphatic rings. The van der Waals surface area contributed by atoms with E-state index >= 15 is 0 Å². The van der Waals surface area contributed by atoms with E-state index in [0.717, 1.165) is 10.2 Å². The molecule has 0 aliphatic heterocycles. The van der Waals surface area contributed by atoms with Crippen molar-refractivity contribution in [3.8, 4) is 0 Å². The molecule has 1 heterocycles. The van der Waals surface area contributed by atoms with Crippen molar-refractivity contribution in [1.82, 2.24) is 10.3 Å². The van der Waals surface area contributed by atoms with Crippen molar-refractivity contribution < 1.29 is 9.21 Å². The summed E-state index contributed by atoms with van der Waals surface area (Å²) < 4.78 is 5.80. The third-order valence-corrected chi connectivity index (χ3v) is 2.79. The summed E-state index contributed by atoms with van der Waals surface area (Å²) in [4.78, 5) is 15.7. The summed E-state index contributed by atoms with van der Waals surface area (Å²) in [5, 5.41) is 2.82. The Labute approximate surface area is 107 Å². The van der Waals surface area contributed by atoms with Crippen molar-refractivity contribution in [2.24, 2.45) is 0 Å². The molecule has 1 aromatic heterocycles. The average Bonchev–Trinajstić information content (AvgIpc) is 2.83. The highest BCUT2D eigenvalue weighted by atomic mass is 79.9. The lowest BCUT2D eigenvalue weighted by molar-refractivity contribution is 0.0954. The Kier molecular flexibility index (Phi) is 3.93. The molecule has 0 saturated carbocycles. The average molecular weight is 295 g/mol. The molecule has 0 fully saturated rings. The van der Waals surface area contributed by atoms with Gasteiger partial charge in [0.1, 0.15) is 6.26 Å². The number of rotatable bonds is 4. The number of nitrogens with zero attached hydrogens (tertiary/aromatic N) is 1. The second-order valence-corrected chi connectivity index (χ2v) is 4.41. The van der Waals surface area contributed by atoms with Crippen LogP contribution in [0.5, 0.6) is 0 Å². The molecule has 0 spiro atoms. The number of carbonyl (C=O) groups is 1. The Morgan fingerprint density at radius 2 is 2.12 bits per heavy atom. The molecular formula is C12H11BrN2O2. The van der Waals surface area contributed by atoms with Gasteiger partial charge < -0.3 is 9.73 Å². The van der Waals surface area contributed by atoms with Gasteiger partial charge >= 0.3 is 0 Å². The molecule has 1 aromatic carbocycles. The van der Waals surface area contributed by atoms with Crippen LogP contribution < -0.4 is 5.32 Å². The van der Waals surface area contributed by atoms with Crippen LogP contribution in [0.3, 0.4) is 0 Å². The number of carbonyl (C=O) groups excluding carboxylic acids is 1. The zero-order valence-corrected chi connectivity index (χ0v) is 10.6. The number of aromatic nitrogens is 1. The Bertz CT molecular complexity index is 480. The standard InChI is InChI=1S/C12H11BrN2O2/c13-10-3-1-9(2-4-10)12(16)14-6-5-11-7-17-8-15-11/h1-4,7-8H,5-6H2,(H,14,16). The number of nitrogens with one attached hydrogen (secondary N) is 1. The van der Waals surface area contributed by atoms with Gasteiger partial charge in [-0.3, -0.25) is 4.79 Å². The lowest BCUT2D eigenvalue weighted by Crippen LogP contribution is -2.25. The maximum atomic E-state index is 11.7. The van der Waals surface area contributed by atoms with Gasteiger partial charge in [0.2, 0.25) is 0 Å². The van der Waals surface area contributed by atoms with Gasteiger partial charge in [-0.25, -0.2) is 4.98 Å². The third-order valence-electron chi connectivity index (χ3n) is 2.26. The molecule has 0 atom stereocenters. The quantitative estimate of drug-likeness (QED) is 0.942. The molecule has 0 unspecified atom stereocenters. The minimum atomic E-state index is -0.0824. The molecule has 2 rings (SSSR count). The molecule has 2 aromatic rings. The van der Waals surface area contributed by atoms with Crippen LogP contribution in [0.25, 0.3) is 0 Å². The van der Waals surface area contributed by atoms with Gasteiger partial charge in [-0.15, -0.1) is 0 Å². The van der Waals surface area contributed by atoms with Crippen molar-refractivity contribution in [3.05, 3.63) is 52.7 Å². The molecule has 0 saturated heterocycles. The van der Waals surface area contributed by atoms with Crippen LogP contribution in [0.4, 0.5) is 0 Å². The van der Waals surface area contributed by atoms with Gasteiger partial charge in [-0.1, -0.05) is 15.9 Å². The van der Waals surface area contributed by atoms with Crippen LogP contribution in [0.15, 0.2) is 45.8 Å². The molecule has 0 radical (unpaired) electrons. The summed E-state index contributed by atoms with van der Waals surface area (Å²) in [5.41, 5.74) is 1.48. The predicted octanol–water partition coefficient (Wildman–Crippen LogP) is 2.41. The monoisotopic (exact) mass is 294 g/mol. The largest absolute Gasteiger partial charge is 0.451 e. The minimum Gasteiger partial charge on any atom is -0.451 e. The summed E-state index contributed by atoms with van der Waals surface area (Å²) in [5.74, 6) is -0.0824. The van der Waals surface area contributed by atoms with Crippen LogP contribution in [0.2, 0.25) is 0 Å². The van der Waals surface area contributed by atoms with E-state index in [1.807, 2.05) is 12.1 Å². The number of amides is 1. The highest BCUT2D eigenvalue weighted by Crippen LogP contribution is 2.10. The van der Waals surface area contributed by atoms with Crippen LogP contribution in [-0.2, 0) is 6.42 Å². The second kappa shape index (κ2) is 5.63. The summed E-state index contributed by atoms with van der Waals surface area (Å²) >= 11 is 3.32. The summed E-state index contributed by atoms with van der Waals surface area (Å²) in [7, 11) is 0. The molecule has 0 aliphatic carbocycles. The van der Waals surface area contributed by atoms with Crippen LogP contribution >= 0.6 is 15.9 Å². The Morgan fingerprint density at radius 3 is 2.76 bits per heavy atom. The minimum absolute atomic E-state index is 0.0824. The first kappa shape index (κ1) is 11.9. The van der Waals surface area contributed by atoms with Gasteiger partial charge in [-0.05, 0) is 24.3 Å². The van der Waals surface area contributed by atoms with E-state index in [-0.39, 0.29) is 5.91 Å². The fourth-order valence-electron chi connectivity index (χ4n) is 1.37. The van der Waals surface area contributed by atoms with E-state index in [1.165, 1.54) is 6.39 Å². The van der Waals surface area contributed by atoms with Crippen molar-refractivity contribution in [2.45, 2.75) is 6.42 Å². The Balaban J connectivity index is 1.83. The highest BCUT2D eigenvalue weighted by Gasteiger charge is 2.04. The van der Waals surface area contributed by atoms with Crippen molar-refractivity contribution in [3.63, 3.8) is 0 Å². The van der Waals surface area contributed by atoms with Gasteiger partial charge in [0, 0.05) is 23.0 Å². The van der Waals surface area contributed by atoms with E-state index in [1.54, 1.807) is 18.4 Å². The first-order chi connectivity index (χ1) is 8.25. The van der Waals surface area contributed by atoms with E-state index in [4.69, 9.17) is 4.42 Å². The SMILES string of the molecule is O=C(NCCc1cocn1)c1ccc(Br)cc1. The molecule has 88 valence electrons. The first-order valence-corrected chi connectivity index (χ1v) is 5.96. The number of benzene rings is 1. The Hall–Kier alpha value is -1.62. The smallest absolute Gasteiger partial charge is 0.251 e. The van der Waals surface area contributed by atoms with E-state index in [9.17, 15) is 4.79 Å². The van der Waals surface area contributed by atoms with E-state index in [2.05, 4.69) is 26.2 Å². The van der Waals surface area contributed by atoms with Crippen LogP contribution in [0.1, 0.15) is 16.1 Å². The molecule has 5 heteroatoms. The molecule has 0 bridgehead atoms. The van der Waals surface area contributed by atoms with Crippen LogP contribution in [-0.4, -0.2) is 17.4 Å². The summed E-state index contributed by atoms with van der Waals surface area (Å²) in [6.45, 7) is 0.543. The van der Waals surface area contributed by atoms with Crippen molar-refractivity contribution >= 4 is 21.8 Å². The zero-order chi connectivity index (χ0) is 12.1.